The second kappa shape index (κ2) is 6.03. The molecule has 3 rings (SSSR count). The molecular formula is C17H28N4O. The zero-order valence-corrected chi connectivity index (χ0v) is 13.9. The second-order valence-electron chi connectivity index (χ2n) is 7.44. The number of carbonyl (C=O) groups is 1. The molecule has 1 amide bonds. The van der Waals surface area contributed by atoms with E-state index < -0.39 is 0 Å². The van der Waals surface area contributed by atoms with Gasteiger partial charge < -0.3 is 11.1 Å². The number of fused-ring (bicyclic) bond motifs is 2. The number of nitrogens with one attached hydrogen (secondary N) is 1. The van der Waals surface area contributed by atoms with Crippen LogP contribution in [0, 0.1) is 11.8 Å². The highest BCUT2D eigenvalue weighted by Crippen LogP contribution is 2.39. The van der Waals surface area contributed by atoms with E-state index in [1.54, 1.807) is 4.68 Å². The molecule has 2 bridgehead atoms. The van der Waals surface area contributed by atoms with Crippen LogP contribution < -0.4 is 11.1 Å². The van der Waals surface area contributed by atoms with Gasteiger partial charge in [0.05, 0.1) is 11.3 Å². The van der Waals surface area contributed by atoms with Crippen LogP contribution in [0.25, 0.3) is 0 Å². The zero-order chi connectivity index (χ0) is 15.9. The number of nitrogens with two attached hydrogens (primary N) is 1. The number of amides is 1. The number of aryl methyl sites for hydroxylation is 1. The molecule has 122 valence electrons. The van der Waals surface area contributed by atoms with Gasteiger partial charge in [0.1, 0.15) is 0 Å². The molecule has 0 saturated heterocycles. The first kappa shape index (κ1) is 15.5. The van der Waals surface area contributed by atoms with Crippen LogP contribution in [0.2, 0.25) is 0 Å². The van der Waals surface area contributed by atoms with Crippen molar-refractivity contribution in [3.05, 3.63) is 17.5 Å². The third kappa shape index (κ3) is 2.91. The highest BCUT2D eigenvalue weighted by molar-refractivity contribution is 5.95. The molecule has 1 heterocycles. The fourth-order valence-electron chi connectivity index (χ4n) is 4.36. The fourth-order valence-corrected chi connectivity index (χ4v) is 4.36. The van der Waals surface area contributed by atoms with Crippen LogP contribution in [0.5, 0.6) is 0 Å². The van der Waals surface area contributed by atoms with E-state index >= 15 is 0 Å². The van der Waals surface area contributed by atoms with E-state index in [2.05, 4.69) is 24.3 Å². The van der Waals surface area contributed by atoms with Crippen molar-refractivity contribution in [2.45, 2.75) is 64.0 Å². The van der Waals surface area contributed by atoms with E-state index in [1.165, 1.54) is 19.3 Å². The highest BCUT2D eigenvalue weighted by Gasteiger charge is 2.40. The molecule has 5 nitrogen and oxygen atoms in total. The van der Waals surface area contributed by atoms with Gasteiger partial charge in [0.2, 0.25) is 0 Å². The maximum absolute atomic E-state index is 12.8. The molecule has 0 aliphatic heterocycles. The van der Waals surface area contributed by atoms with Gasteiger partial charge >= 0.3 is 0 Å². The molecule has 1 aromatic rings. The SMILES string of the molecule is CC(C)c1nn(C)cc1C(=O)NC1C2CCCC1CC(N)C2. The largest absolute Gasteiger partial charge is 0.349 e. The summed E-state index contributed by atoms with van der Waals surface area (Å²) in [6, 6.07) is 0.606. The van der Waals surface area contributed by atoms with Crippen LogP contribution in [0.3, 0.4) is 0 Å². The quantitative estimate of drug-likeness (QED) is 0.899. The first-order valence-corrected chi connectivity index (χ1v) is 8.55. The Kier molecular flexibility index (Phi) is 4.26. The summed E-state index contributed by atoms with van der Waals surface area (Å²) < 4.78 is 1.74. The van der Waals surface area contributed by atoms with E-state index in [0.717, 1.165) is 24.1 Å². The van der Waals surface area contributed by atoms with Crippen molar-refractivity contribution in [1.82, 2.24) is 15.1 Å². The summed E-state index contributed by atoms with van der Waals surface area (Å²) in [5.41, 5.74) is 7.78. The summed E-state index contributed by atoms with van der Waals surface area (Å²) in [5, 5.41) is 7.76. The Labute approximate surface area is 132 Å². The minimum Gasteiger partial charge on any atom is -0.349 e. The minimum atomic E-state index is 0.0363. The van der Waals surface area contributed by atoms with Gasteiger partial charge in [-0.05, 0) is 43.4 Å². The fraction of sp³-hybridized carbons (Fsp3) is 0.765. The molecular weight excluding hydrogens is 276 g/mol. The predicted molar refractivity (Wildman–Crippen MR) is 86.6 cm³/mol. The maximum Gasteiger partial charge on any atom is 0.255 e. The molecule has 22 heavy (non-hydrogen) atoms. The molecule has 2 aliphatic carbocycles. The first-order valence-electron chi connectivity index (χ1n) is 8.55. The normalized spacial score (nSPS) is 31.3. The van der Waals surface area contributed by atoms with Gasteiger partial charge in [-0.2, -0.15) is 5.10 Å². The molecule has 2 atom stereocenters. The number of nitrogens with zero attached hydrogens (tertiary/aromatic N) is 2. The third-order valence-corrected chi connectivity index (χ3v) is 5.32. The number of hydrogen-bond donors (Lipinski definition) is 2. The number of carbonyl (C=O) groups excluding carboxylic acids is 1. The highest BCUT2D eigenvalue weighted by atomic mass is 16.1. The smallest absolute Gasteiger partial charge is 0.255 e. The lowest BCUT2D eigenvalue weighted by molar-refractivity contribution is 0.0755. The second-order valence-corrected chi connectivity index (χ2v) is 7.44. The number of aromatic nitrogens is 2. The van der Waals surface area contributed by atoms with Crippen molar-refractivity contribution >= 4 is 5.91 Å². The van der Waals surface area contributed by atoms with Crippen molar-refractivity contribution in [2.24, 2.45) is 24.6 Å². The molecule has 2 saturated carbocycles. The van der Waals surface area contributed by atoms with Crippen LogP contribution >= 0.6 is 0 Å². The lowest BCUT2D eigenvalue weighted by Gasteiger charge is -2.45. The Morgan fingerprint density at radius 2 is 2.00 bits per heavy atom. The summed E-state index contributed by atoms with van der Waals surface area (Å²) in [5.74, 6) is 1.38. The molecule has 2 unspecified atom stereocenters. The van der Waals surface area contributed by atoms with E-state index in [-0.39, 0.29) is 11.8 Å². The van der Waals surface area contributed by atoms with Crippen molar-refractivity contribution in [1.29, 1.82) is 0 Å². The molecule has 0 radical (unpaired) electrons. The van der Waals surface area contributed by atoms with Crippen LogP contribution in [-0.2, 0) is 7.05 Å². The Hall–Kier alpha value is -1.36. The van der Waals surface area contributed by atoms with Crippen LogP contribution in [0.4, 0.5) is 0 Å². The number of hydrogen-bond acceptors (Lipinski definition) is 3. The topological polar surface area (TPSA) is 72.9 Å². The zero-order valence-electron chi connectivity index (χ0n) is 13.9. The average molecular weight is 304 g/mol. The van der Waals surface area contributed by atoms with Crippen molar-refractivity contribution in [3.8, 4) is 0 Å². The van der Waals surface area contributed by atoms with E-state index in [9.17, 15) is 4.79 Å². The Bertz CT molecular complexity index is 537. The van der Waals surface area contributed by atoms with Crippen molar-refractivity contribution in [3.63, 3.8) is 0 Å². The lowest BCUT2D eigenvalue weighted by atomic mass is 9.67. The van der Waals surface area contributed by atoms with Gasteiger partial charge in [0, 0.05) is 25.3 Å². The van der Waals surface area contributed by atoms with Gasteiger partial charge in [-0.3, -0.25) is 9.48 Å². The predicted octanol–water partition coefficient (Wildman–Crippen LogP) is 2.18. The van der Waals surface area contributed by atoms with Gasteiger partial charge in [-0.1, -0.05) is 20.3 Å². The Morgan fingerprint density at radius 3 is 2.59 bits per heavy atom. The third-order valence-electron chi connectivity index (χ3n) is 5.32. The Balaban J connectivity index is 1.77. The summed E-state index contributed by atoms with van der Waals surface area (Å²) in [6.07, 6.45) is 7.60. The van der Waals surface area contributed by atoms with E-state index in [1.807, 2.05) is 13.2 Å². The molecule has 5 heteroatoms. The van der Waals surface area contributed by atoms with E-state index in [0.29, 0.717) is 23.9 Å². The van der Waals surface area contributed by atoms with Crippen LogP contribution in [-0.4, -0.2) is 27.8 Å². The number of rotatable bonds is 3. The Morgan fingerprint density at radius 1 is 1.36 bits per heavy atom. The standard InChI is InChI=1S/C17H28N4O/c1-10(2)15-14(9-21(3)20-15)17(22)19-16-11-5-4-6-12(16)8-13(18)7-11/h9-13,16H,4-8,18H2,1-3H3,(H,19,22). The molecule has 1 aromatic heterocycles. The van der Waals surface area contributed by atoms with Gasteiger partial charge in [0.15, 0.2) is 0 Å². The monoisotopic (exact) mass is 304 g/mol. The van der Waals surface area contributed by atoms with Crippen molar-refractivity contribution < 1.29 is 4.79 Å². The maximum atomic E-state index is 12.8. The van der Waals surface area contributed by atoms with Gasteiger partial charge in [0.25, 0.3) is 5.91 Å². The summed E-state index contributed by atoms with van der Waals surface area (Å²) in [7, 11) is 1.87. The van der Waals surface area contributed by atoms with Crippen LogP contribution in [0.15, 0.2) is 6.20 Å². The molecule has 3 N–H and O–H groups in total. The average Bonchev–Trinajstić information content (AvgIpc) is 2.82. The summed E-state index contributed by atoms with van der Waals surface area (Å²) in [4.78, 5) is 12.8. The van der Waals surface area contributed by atoms with Gasteiger partial charge in [-0.25, -0.2) is 0 Å². The molecule has 0 spiro atoms. The van der Waals surface area contributed by atoms with Gasteiger partial charge in [-0.15, -0.1) is 0 Å². The van der Waals surface area contributed by atoms with Crippen molar-refractivity contribution in [2.75, 3.05) is 0 Å². The minimum absolute atomic E-state index is 0.0363. The van der Waals surface area contributed by atoms with E-state index in [4.69, 9.17) is 5.73 Å². The summed E-state index contributed by atoms with van der Waals surface area (Å²) >= 11 is 0. The molecule has 0 aromatic carbocycles. The molecule has 2 aliphatic rings. The van der Waals surface area contributed by atoms with Crippen LogP contribution in [0.1, 0.15) is 67.9 Å². The first-order chi connectivity index (χ1) is 10.5. The lowest BCUT2D eigenvalue weighted by Crippen LogP contribution is -2.53. The molecule has 2 fully saturated rings. The summed E-state index contributed by atoms with van der Waals surface area (Å²) in [6.45, 7) is 4.15.